The topological polar surface area (TPSA) is 153 Å². The average Bonchev–Trinajstić information content (AvgIpc) is 3.72. The molecule has 11 nitrogen and oxygen atoms in total. The Morgan fingerprint density at radius 2 is 1.73 bits per heavy atom. The predicted octanol–water partition coefficient (Wildman–Crippen LogP) is 6.63. The smallest absolute Gasteiger partial charge is 0.411 e. The molecule has 3 N–H and O–H groups in total. The van der Waals surface area contributed by atoms with Crippen LogP contribution in [0.3, 0.4) is 0 Å². The van der Waals surface area contributed by atoms with Gasteiger partial charge in [0.15, 0.2) is 5.60 Å². The molecule has 49 heavy (non-hydrogen) atoms. The van der Waals surface area contributed by atoms with E-state index in [-0.39, 0.29) is 28.0 Å². The van der Waals surface area contributed by atoms with Crippen LogP contribution in [0.2, 0.25) is 0 Å². The summed E-state index contributed by atoms with van der Waals surface area (Å²) >= 11 is 0. The van der Waals surface area contributed by atoms with E-state index in [0.717, 1.165) is 47.7 Å². The van der Waals surface area contributed by atoms with Gasteiger partial charge in [0, 0.05) is 52.3 Å². The molecule has 3 aromatic carbocycles. The number of hydrogen-bond donors (Lipinski definition) is 3. The maximum Gasteiger partial charge on any atom is 0.411 e. The third-order valence-electron chi connectivity index (χ3n) is 8.27. The molecule has 1 unspecified atom stereocenters. The Balaban J connectivity index is 1.35. The van der Waals surface area contributed by atoms with Crippen molar-refractivity contribution in [3.63, 3.8) is 0 Å². The van der Waals surface area contributed by atoms with Crippen LogP contribution in [0.15, 0.2) is 71.8 Å². The number of esters is 1. The van der Waals surface area contributed by atoms with Crippen molar-refractivity contribution in [3.05, 3.63) is 89.1 Å². The number of sulfonamides is 1. The minimum Gasteiger partial charge on any atom is -0.496 e. The van der Waals surface area contributed by atoms with Crippen molar-refractivity contribution in [3.8, 4) is 17.6 Å². The number of rotatable bonds is 9. The Morgan fingerprint density at radius 3 is 2.45 bits per heavy atom. The fourth-order valence-electron chi connectivity index (χ4n) is 5.90. The van der Waals surface area contributed by atoms with E-state index in [1.165, 1.54) is 44.4 Å². The number of carbonyl (C=O) groups excluding carboxylic acids is 3. The number of nitrogens with one attached hydrogen (secondary N) is 3. The molecule has 0 aliphatic heterocycles. The van der Waals surface area contributed by atoms with Crippen molar-refractivity contribution in [2.24, 2.45) is 0 Å². The van der Waals surface area contributed by atoms with Gasteiger partial charge < -0.3 is 19.2 Å². The molecule has 1 fully saturated rings. The molecular weight excluding hydrogens is 646 g/mol. The van der Waals surface area contributed by atoms with Gasteiger partial charge in [-0.05, 0) is 87.6 Å². The normalized spacial score (nSPS) is 14.0. The molecule has 1 heterocycles. The van der Waals surface area contributed by atoms with Crippen molar-refractivity contribution in [1.82, 2.24) is 9.71 Å². The van der Waals surface area contributed by atoms with E-state index in [9.17, 15) is 22.8 Å². The van der Waals surface area contributed by atoms with E-state index >= 15 is 0 Å². The summed E-state index contributed by atoms with van der Waals surface area (Å²) in [6.45, 7) is 6.41. The summed E-state index contributed by atoms with van der Waals surface area (Å²) in [6, 6.07) is 16.3. The van der Waals surface area contributed by atoms with Crippen LogP contribution in [0.4, 0.5) is 10.5 Å². The first-order chi connectivity index (χ1) is 23.3. The minimum atomic E-state index is -4.35. The first-order valence-corrected chi connectivity index (χ1v) is 17.4. The monoisotopic (exact) mass is 685 g/mol. The van der Waals surface area contributed by atoms with E-state index < -0.39 is 33.6 Å². The largest absolute Gasteiger partial charge is 0.496 e. The number of carbonyl (C=O) groups is 3. The van der Waals surface area contributed by atoms with Crippen molar-refractivity contribution in [2.45, 2.75) is 75.9 Å². The van der Waals surface area contributed by atoms with E-state index in [2.05, 4.69) is 26.9 Å². The number of aromatic amines is 1. The second-order valence-corrected chi connectivity index (χ2v) is 14.1. The molecular formula is C37H39N3O8S. The van der Waals surface area contributed by atoms with Crippen LogP contribution < -0.4 is 14.8 Å². The van der Waals surface area contributed by atoms with E-state index in [1.807, 2.05) is 25.3 Å². The third-order valence-corrected chi connectivity index (χ3v) is 9.65. The minimum absolute atomic E-state index is 0.0492. The lowest BCUT2D eigenvalue weighted by molar-refractivity contribution is -0.148. The third kappa shape index (κ3) is 8.42. The van der Waals surface area contributed by atoms with Gasteiger partial charge in [-0.3, -0.25) is 14.9 Å². The number of ether oxygens (including phenoxy) is 3. The predicted molar refractivity (Wildman–Crippen MR) is 185 cm³/mol. The summed E-state index contributed by atoms with van der Waals surface area (Å²) in [5.74, 6) is 4.33. The Kier molecular flexibility index (Phi) is 10.3. The lowest BCUT2D eigenvalue weighted by atomic mass is 9.91. The van der Waals surface area contributed by atoms with Gasteiger partial charge in [0.2, 0.25) is 0 Å². The summed E-state index contributed by atoms with van der Waals surface area (Å²) < 4.78 is 45.3. The van der Waals surface area contributed by atoms with E-state index in [0.29, 0.717) is 11.4 Å². The van der Waals surface area contributed by atoms with Gasteiger partial charge >= 0.3 is 12.1 Å². The van der Waals surface area contributed by atoms with Crippen molar-refractivity contribution < 1.29 is 37.0 Å². The van der Waals surface area contributed by atoms with Crippen LogP contribution in [-0.4, -0.2) is 50.2 Å². The van der Waals surface area contributed by atoms with Crippen LogP contribution >= 0.6 is 0 Å². The number of H-pyrrole nitrogens is 1. The van der Waals surface area contributed by atoms with Crippen LogP contribution in [0.25, 0.3) is 10.9 Å². The summed E-state index contributed by atoms with van der Waals surface area (Å²) in [6.07, 6.45) is 5.24. The van der Waals surface area contributed by atoms with Gasteiger partial charge in [-0.25, -0.2) is 17.9 Å². The summed E-state index contributed by atoms with van der Waals surface area (Å²) in [5.41, 5.74) is 2.21. The Morgan fingerprint density at radius 1 is 1.00 bits per heavy atom. The van der Waals surface area contributed by atoms with Crippen LogP contribution in [0.1, 0.15) is 86.3 Å². The highest BCUT2D eigenvalue weighted by Crippen LogP contribution is 2.37. The maximum absolute atomic E-state index is 13.4. The number of anilines is 1. The van der Waals surface area contributed by atoms with E-state index in [4.69, 9.17) is 14.2 Å². The first kappa shape index (κ1) is 35.0. The lowest BCUT2D eigenvalue weighted by Crippen LogP contribution is -2.31. The molecule has 1 aromatic heterocycles. The van der Waals surface area contributed by atoms with E-state index in [1.54, 1.807) is 32.0 Å². The SMILES string of the molecule is COc1cc(C(=O)NS(=O)(=O)c2ccccc2C#CC(C)(C)OC(C)=O)ccc1C(C)c1c[nH]c2ccc(NC(=O)OC3CCCC3)cc12. The van der Waals surface area contributed by atoms with Gasteiger partial charge in [0.25, 0.3) is 15.9 Å². The second-order valence-electron chi connectivity index (χ2n) is 12.4. The highest BCUT2D eigenvalue weighted by atomic mass is 32.2. The molecule has 1 saturated carbocycles. The number of amides is 2. The molecule has 0 radical (unpaired) electrons. The molecule has 0 spiro atoms. The first-order valence-electron chi connectivity index (χ1n) is 15.9. The van der Waals surface area contributed by atoms with Crippen molar-refractivity contribution >= 4 is 44.6 Å². The Bertz CT molecular complexity index is 2070. The number of hydrogen-bond acceptors (Lipinski definition) is 8. The highest BCUT2D eigenvalue weighted by Gasteiger charge is 2.25. The zero-order chi connectivity index (χ0) is 35.3. The molecule has 256 valence electrons. The molecule has 5 rings (SSSR count). The number of fused-ring (bicyclic) bond motifs is 1. The van der Waals surface area contributed by atoms with Crippen LogP contribution in [-0.2, 0) is 24.3 Å². The van der Waals surface area contributed by atoms with Gasteiger partial charge in [-0.1, -0.05) is 37.0 Å². The maximum atomic E-state index is 13.4. The number of benzene rings is 3. The fourth-order valence-corrected chi connectivity index (χ4v) is 7.04. The molecule has 1 atom stereocenters. The zero-order valence-corrected chi connectivity index (χ0v) is 28.8. The standard InChI is InChI=1S/C37H39N3O8S/c1-23(31-22-38-32-17-15-27(21-30(31)32)39-36(43)47-28-11-7-8-12-28)29-16-14-26(20-33(29)46-5)35(42)40-49(44,45)34-13-9-6-10-25(34)18-19-37(3,4)48-24(2)41/h6,9-10,13-17,20-23,28,38H,7-8,11-12H2,1-5H3,(H,39,43)(H,40,42). The molecule has 1 aliphatic carbocycles. The van der Waals surface area contributed by atoms with Gasteiger partial charge in [0.1, 0.15) is 16.7 Å². The van der Waals surface area contributed by atoms with Crippen LogP contribution in [0.5, 0.6) is 5.75 Å². The summed E-state index contributed by atoms with van der Waals surface area (Å²) in [5, 5.41) is 3.72. The fraction of sp³-hybridized carbons (Fsp3) is 0.324. The van der Waals surface area contributed by atoms with Crippen LogP contribution in [0, 0.1) is 11.8 Å². The number of aromatic nitrogens is 1. The average molecular weight is 686 g/mol. The second kappa shape index (κ2) is 14.5. The molecule has 0 saturated heterocycles. The Hall–Kier alpha value is -5.28. The van der Waals surface area contributed by atoms with Gasteiger partial charge in [-0.2, -0.15) is 0 Å². The Labute approximate surface area is 285 Å². The quantitative estimate of drug-likeness (QED) is 0.131. The lowest BCUT2D eigenvalue weighted by Gasteiger charge is -2.17. The molecule has 1 aliphatic rings. The number of methoxy groups -OCH3 is 1. The summed E-state index contributed by atoms with van der Waals surface area (Å²) in [4.78, 5) is 40.2. The zero-order valence-electron chi connectivity index (χ0n) is 28.0. The van der Waals surface area contributed by atoms with Gasteiger partial charge in [0.05, 0.1) is 7.11 Å². The molecule has 2 amide bonds. The highest BCUT2D eigenvalue weighted by molar-refractivity contribution is 7.90. The molecule has 4 aromatic rings. The van der Waals surface area contributed by atoms with Crippen molar-refractivity contribution in [1.29, 1.82) is 0 Å². The van der Waals surface area contributed by atoms with Crippen molar-refractivity contribution in [2.75, 3.05) is 12.4 Å². The molecule has 12 heteroatoms. The van der Waals surface area contributed by atoms with Gasteiger partial charge in [-0.15, -0.1) is 0 Å². The summed E-state index contributed by atoms with van der Waals surface area (Å²) in [7, 11) is -2.87. The molecule has 0 bridgehead atoms.